The molecule has 106 valence electrons. The van der Waals surface area contributed by atoms with Crippen LogP contribution in [-0.2, 0) is 10.5 Å². The molecule has 0 aliphatic carbocycles. The predicted molar refractivity (Wildman–Crippen MR) is 77.0 cm³/mol. The summed E-state index contributed by atoms with van der Waals surface area (Å²) in [7, 11) is 2.92. The number of methoxy groups -OCH3 is 2. The highest BCUT2D eigenvalue weighted by atomic mass is 32.2. The second-order valence-corrected chi connectivity index (χ2v) is 4.98. The molecule has 0 radical (unpaired) electrons. The first kappa shape index (κ1) is 14.3. The number of carbonyl (C=O) groups excluding carboxylic acids is 1. The fourth-order valence-electron chi connectivity index (χ4n) is 1.64. The number of nitrogens with two attached hydrogens (primary N) is 1. The third-order valence-electron chi connectivity index (χ3n) is 2.72. The number of furan rings is 1. The molecule has 0 saturated carbocycles. The summed E-state index contributed by atoms with van der Waals surface area (Å²) >= 11 is 1.50. The summed E-state index contributed by atoms with van der Waals surface area (Å²) < 4.78 is 15.0. The van der Waals surface area contributed by atoms with Crippen molar-refractivity contribution in [1.82, 2.24) is 0 Å². The highest BCUT2D eigenvalue weighted by molar-refractivity contribution is 7.98. The number of anilines is 1. The Hall–Kier alpha value is -2.08. The van der Waals surface area contributed by atoms with E-state index < -0.39 is 5.97 Å². The minimum atomic E-state index is -0.482. The highest BCUT2D eigenvalue weighted by Gasteiger charge is 2.16. The van der Waals surface area contributed by atoms with Crippen molar-refractivity contribution in [3.05, 3.63) is 41.9 Å². The number of hydrogen-bond acceptors (Lipinski definition) is 6. The van der Waals surface area contributed by atoms with Gasteiger partial charge in [-0.3, -0.25) is 0 Å². The molecule has 2 rings (SSSR count). The topological polar surface area (TPSA) is 74.7 Å². The SMILES string of the molecule is COC(=O)c1occc1CSc1cc(OC)ccc1N. The van der Waals surface area contributed by atoms with E-state index in [0.29, 0.717) is 11.4 Å². The molecule has 0 aliphatic rings. The lowest BCUT2D eigenvalue weighted by molar-refractivity contribution is 0.0564. The van der Waals surface area contributed by atoms with Gasteiger partial charge < -0.3 is 19.6 Å². The Morgan fingerprint density at radius 3 is 2.85 bits per heavy atom. The van der Waals surface area contributed by atoms with Crippen LogP contribution >= 0.6 is 11.8 Å². The monoisotopic (exact) mass is 293 g/mol. The zero-order valence-corrected chi connectivity index (χ0v) is 12.0. The summed E-state index contributed by atoms with van der Waals surface area (Å²) in [5.74, 6) is 1.03. The van der Waals surface area contributed by atoms with E-state index in [4.69, 9.17) is 14.9 Å². The van der Waals surface area contributed by atoms with Crippen molar-refractivity contribution in [2.75, 3.05) is 20.0 Å². The molecule has 0 aliphatic heterocycles. The van der Waals surface area contributed by atoms with Gasteiger partial charge in [0.15, 0.2) is 0 Å². The maximum Gasteiger partial charge on any atom is 0.374 e. The number of rotatable bonds is 5. The fraction of sp³-hybridized carbons (Fsp3) is 0.214. The normalized spacial score (nSPS) is 10.3. The van der Waals surface area contributed by atoms with Crippen molar-refractivity contribution in [3.8, 4) is 5.75 Å². The van der Waals surface area contributed by atoms with Gasteiger partial charge in [-0.2, -0.15) is 0 Å². The van der Waals surface area contributed by atoms with Crippen LogP contribution in [0.1, 0.15) is 16.1 Å². The van der Waals surface area contributed by atoms with E-state index in [2.05, 4.69) is 4.74 Å². The molecule has 1 aromatic heterocycles. The average molecular weight is 293 g/mol. The van der Waals surface area contributed by atoms with Crippen LogP contribution in [0.25, 0.3) is 0 Å². The van der Waals surface area contributed by atoms with E-state index >= 15 is 0 Å². The molecule has 0 saturated heterocycles. The van der Waals surface area contributed by atoms with Gasteiger partial charge >= 0.3 is 5.97 Å². The number of benzene rings is 1. The first-order chi connectivity index (χ1) is 9.65. The Morgan fingerprint density at radius 2 is 2.15 bits per heavy atom. The number of thioether (sulfide) groups is 1. The summed E-state index contributed by atoms with van der Waals surface area (Å²) in [4.78, 5) is 12.4. The summed E-state index contributed by atoms with van der Waals surface area (Å²) in [6.07, 6.45) is 1.47. The Labute approximate surface area is 121 Å². The third-order valence-corrected chi connectivity index (χ3v) is 3.84. The molecule has 5 nitrogen and oxygen atoms in total. The average Bonchev–Trinajstić information content (AvgIpc) is 2.94. The number of carbonyl (C=O) groups is 1. The van der Waals surface area contributed by atoms with E-state index in [9.17, 15) is 4.79 Å². The maximum absolute atomic E-state index is 11.5. The van der Waals surface area contributed by atoms with Gasteiger partial charge in [-0.05, 0) is 24.3 Å². The molecular weight excluding hydrogens is 278 g/mol. The van der Waals surface area contributed by atoms with Crippen LogP contribution < -0.4 is 10.5 Å². The molecule has 0 spiro atoms. The minimum absolute atomic E-state index is 0.224. The van der Waals surface area contributed by atoms with Crippen molar-refractivity contribution in [3.63, 3.8) is 0 Å². The van der Waals surface area contributed by atoms with Gasteiger partial charge in [-0.25, -0.2) is 4.79 Å². The van der Waals surface area contributed by atoms with Gasteiger partial charge in [0.25, 0.3) is 0 Å². The van der Waals surface area contributed by atoms with Gasteiger partial charge in [0.1, 0.15) is 5.75 Å². The minimum Gasteiger partial charge on any atom is -0.497 e. The summed E-state index contributed by atoms with van der Waals surface area (Å²) in [5, 5.41) is 0. The lowest BCUT2D eigenvalue weighted by atomic mass is 10.3. The van der Waals surface area contributed by atoms with Crippen LogP contribution in [-0.4, -0.2) is 20.2 Å². The van der Waals surface area contributed by atoms with Crippen molar-refractivity contribution in [1.29, 1.82) is 0 Å². The van der Waals surface area contributed by atoms with E-state index in [1.807, 2.05) is 6.07 Å². The van der Waals surface area contributed by atoms with Gasteiger partial charge in [0.2, 0.25) is 5.76 Å². The van der Waals surface area contributed by atoms with Crippen molar-refractivity contribution >= 4 is 23.4 Å². The van der Waals surface area contributed by atoms with Gasteiger partial charge in [0.05, 0.1) is 20.5 Å². The second-order valence-electron chi connectivity index (χ2n) is 3.96. The van der Waals surface area contributed by atoms with Crippen LogP contribution in [0.3, 0.4) is 0 Å². The molecule has 0 amide bonds. The smallest absolute Gasteiger partial charge is 0.374 e. The van der Waals surface area contributed by atoms with Crippen molar-refractivity contribution < 1.29 is 18.7 Å². The molecule has 0 bridgehead atoms. The Bertz CT molecular complexity index is 609. The maximum atomic E-state index is 11.5. The Balaban J connectivity index is 2.13. The van der Waals surface area contributed by atoms with Crippen molar-refractivity contribution in [2.45, 2.75) is 10.6 Å². The van der Waals surface area contributed by atoms with Crippen LogP contribution in [0.4, 0.5) is 5.69 Å². The van der Waals surface area contributed by atoms with Crippen LogP contribution in [0.2, 0.25) is 0 Å². The van der Waals surface area contributed by atoms with Crippen molar-refractivity contribution in [2.24, 2.45) is 0 Å². The largest absolute Gasteiger partial charge is 0.497 e. The molecule has 2 N–H and O–H groups in total. The van der Waals surface area contributed by atoms with Crippen LogP contribution in [0.15, 0.2) is 39.8 Å². The number of hydrogen-bond donors (Lipinski definition) is 1. The fourth-order valence-corrected chi connectivity index (χ4v) is 2.62. The lowest BCUT2D eigenvalue weighted by Crippen LogP contribution is -2.02. The molecule has 0 fully saturated rings. The molecule has 2 aromatic rings. The van der Waals surface area contributed by atoms with E-state index in [1.165, 1.54) is 25.1 Å². The molecule has 1 heterocycles. The van der Waals surface area contributed by atoms with Crippen LogP contribution in [0, 0.1) is 0 Å². The van der Waals surface area contributed by atoms with Gasteiger partial charge in [-0.1, -0.05) is 0 Å². The summed E-state index contributed by atoms with van der Waals surface area (Å²) in [6, 6.07) is 7.20. The van der Waals surface area contributed by atoms with Gasteiger partial charge in [-0.15, -0.1) is 11.8 Å². The number of ether oxygens (including phenoxy) is 2. The molecule has 0 atom stereocenters. The molecular formula is C14H15NO4S. The summed E-state index contributed by atoms with van der Waals surface area (Å²) in [5.41, 5.74) is 7.35. The van der Waals surface area contributed by atoms with E-state index in [1.54, 1.807) is 25.3 Å². The van der Waals surface area contributed by atoms with Gasteiger partial charge in [0, 0.05) is 21.9 Å². The zero-order chi connectivity index (χ0) is 14.5. The number of esters is 1. The molecule has 6 heteroatoms. The van der Waals surface area contributed by atoms with E-state index in [0.717, 1.165) is 16.2 Å². The Morgan fingerprint density at radius 1 is 1.35 bits per heavy atom. The standard InChI is InChI=1S/C14H15NO4S/c1-17-10-3-4-11(15)12(7-10)20-8-9-5-6-19-13(9)14(16)18-2/h3-7H,8,15H2,1-2H3. The highest BCUT2D eigenvalue weighted by Crippen LogP contribution is 2.32. The molecule has 0 unspecified atom stereocenters. The van der Waals surface area contributed by atoms with E-state index in [-0.39, 0.29) is 5.76 Å². The molecule has 1 aromatic carbocycles. The number of nitrogen functional groups attached to an aromatic ring is 1. The lowest BCUT2D eigenvalue weighted by Gasteiger charge is -2.07. The third kappa shape index (κ3) is 3.08. The zero-order valence-electron chi connectivity index (χ0n) is 11.2. The quantitative estimate of drug-likeness (QED) is 0.519. The summed E-state index contributed by atoms with van der Waals surface area (Å²) in [6.45, 7) is 0. The second kappa shape index (κ2) is 6.38. The first-order valence-electron chi connectivity index (χ1n) is 5.86. The first-order valence-corrected chi connectivity index (χ1v) is 6.85. The predicted octanol–water partition coefficient (Wildman–Crippen LogP) is 2.95. The van der Waals surface area contributed by atoms with Crippen LogP contribution in [0.5, 0.6) is 5.75 Å². The Kier molecular flexibility index (Phi) is 4.57. The molecule has 20 heavy (non-hydrogen) atoms.